The van der Waals surface area contributed by atoms with E-state index in [-0.39, 0.29) is 117 Å². The summed E-state index contributed by atoms with van der Waals surface area (Å²) >= 11 is 2.06. The van der Waals surface area contributed by atoms with E-state index in [0.29, 0.717) is 29.5 Å². The molecule has 0 heterocycles. The second-order valence-corrected chi connectivity index (χ2v) is 27.3. The molecule has 3 saturated carbocycles. The van der Waals surface area contributed by atoms with Gasteiger partial charge >= 0.3 is 0 Å². The van der Waals surface area contributed by atoms with E-state index in [1.807, 2.05) is 13.8 Å². The van der Waals surface area contributed by atoms with Crippen molar-refractivity contribution in [3.8, 4) is 41.4 Å². The van der Waals surface area contributed by atoms with Crippen molar-refractivity contribution in [2.45, 2.75) is 130 Å². The highest BCUT2D eigenvalue weighted by Gasteiger charge is 2.64. The number of aliphatic hydroxyl groups excluding tert-OH is 6. The number of hydrogen-bond acceptors (Lipinski definition) is 21. The molecule has 3 aromatic carbocycles. The van der Waals surface area contributed by atoms with E-state index < -0.39 is 162 Å². The van der Waals surface area contributed by atoms with Gasteiger partial charge in [0.25, 0.3) is 17.7 Å². The summed E-state index contributed by atoms with van der Waals surface area (Å²) in [6, 6.07) is 9.28. The largest absolute Gasteiger partial charge is 0.508 e. The van der Waals surface area contributed by atoms with Crippen LogP contribution in [0.25, 0.3) is 17.3 Å². The van der Waals surface area contributed by atoms with Gasteiger partial charge in [-0.25, -0.2) is 0 Å². The Balaban J connectivity index is 0.000000307. The number of allylic oxidation sites excluding steroid dienone is 1. The van der Waals surface area contributed by atoms with Crippen LogP contribution in [0.4, 0.5) is 0 Å². The van der Waals surface area contributed by atoms with E-state index in [1.54, 1.807) is 38.1 Å². The standard InChI is InChI=1S/C22H23NO7.C22H19NO7.C19H16INO7.C7H4.C3H6.C3H4.2CH4.B7/c2*1-2-3-9-4-5-13(24)16-12(9)7-10-6-11-8-14(25)17(21(23)29)20(28)22(11,30)19(27)15(10)18(16)26;20-9-1-2-10(22)13-8(9)4-6-3-7-5-11(23)14(18(21)27)17(26)19(7,28)16(25)12(6)15(13)24;1-3-5-7-6-4-2;2*1-3-2;;;1-5-7(4)6(2)3/h4-5,10-11,24,26,28,30H,2-3,6-8H2,1H3,(H2,23,29);4-5,10-11,24,26,28,30H,6-8H2,1H3,(H2,23,29);1-2,6-7,22,24,26,28H,3-5H2,(H2,21,27);1-2H2;3H,1H2,2H3;1H,2H3;2*1H4;/t2*10?,11?,22-;6?,7?,19-;;;;;;/m000....../s1. The molecule has 0 aliphatic heterocycles. The maximum Gasteiger partial charge on any atom is 0.255 e. The lowest BCUT2D eigenvalue weighted by atomic mass is 8.76. The molecule has 0 aromatic heterocycles. The Bertz CT molecular complexity index is 4870. The van der Waals surface area contributed by atoms with Crippen LogP contribution in [0, 0.1) is 63.3 Å². The molecule has 24 nitrogen and oxygen atoms in total. The Hall–Kier alpha value is -10.7. The molecule has 3 aromatic rings. The molecule has 9 atom stereocenters. The third-order valence-electron chi connectivity index (χ3n) is 19.6. The minimum absolute atomic E-state index is 0. The van der Waals surface area contributed by atoms with Gasteiger partial charge in [-0.1, -0.05) is 57.7 Å². The molecule has 110 heavy (non-hydrogen) atoms. The molecule has 18 N–H and O–H groups in total. The highest BCUT2D eigenvalue weighted by atomic mass is 127. The van der Waals surface area contributed by atoms with Gasteiger partial charge in [-0.2, -0.15) is 0 Å². The number of amides is 3. The highest BCUT2D eigenvalue weighted by Crippen LogP contribution is 2.56. The molecular formula is C78H80B7IN3O21. The summed E-state index contributed by atoms with van der Waals surface area (Å²) in [4.78, 5) is 111. The molecule has 6 unspecified atom stereocenters. The average molecular weight is 1600 g/mol. The molecule has 0 bridgehead atoms. The first kappa shape index (κ1) is 91.7. The Morgan fingerprint density at radius 1 is 0.582 bits per heavy atom. The van der Waals surface area contributed by atoms with Gasteiger partial charge in [0.05, 0.1) is 16.7 Å². The van der Waals surface area contributed by atoms with E-state index in [1.165, 1.54) is 25.3 Å². The first-order valence-corrected chi connectivity index (χ1v) is 34.4. The lowest BCUT2D eigenvalue weighted by Crippen LogP contribution is -2.58. The summed E-state index contributed by atoms with van der Waals surface area (Å²) in [5, 5.41) is 128. The monoisotopic (exact) mass is 1600 g/mol. The molecule has 3 fully saturated rings. The van der Waals surface area contributed by atoms with E-state index in [9.17, 15) is 104 Å². The zero-order valence-electron chi connectivity index (χ0n) is 59.2. The van der Waals surface area contributed by atoms with E-state index in [0.717, 1.165) is 27.5 Å². The number of aromatic hydroxyl groups is 3. The molecule has 3 amide bonds. The van der Waals surface area contributed by atoms with Crippen LogP contribution in [0.2, 0.25) is 0 Å². The van der Waals surface area contributed by atoms with Crippen LogP contribution in [0.15, 0.2) is 142 Å². The van der Waals surface area contributed by atoms with E-state index >= 15 is 0 Å². The number of phenols is 3. The second-order valence-electron chi connectivity index (χ2n) is 26.1. The number of hydrogen-bond donors (Lipinski definition) is 15. The van der Waals surface area contributed by atoms with E-state index in [2.05, 4.69) is 95.2 Å². The number of halogens is 1. The number of primary amides is 3. The Kier molecular flexibility index (Phi) is 31.3. The summed E-state index contributed by atoms with van der Waals surface area (Å²) < 4.78 is 0.794. The third kappa shape index (κ3) is 17.0. The lowest BCUT2D eigenvalue weighted by Gasteiger charge is -2.46. The number of terminal acetylenes is 1. The normalized spacial score (nSPS) is 23.6. The molecule has 0 saturated heterocycles. The number of aliphatic hydroxyl groups is 9. The molecule has 12 rings (SSSR count). The van der Waals surface area contributed by atoms with Crippen molar-refractivity contribution in [1.29, 1.82) is 0 Å². The number of nitrogens with two attached hydrogens (primary N) is 3. The number of carbonyl (C=O) groups excluding carboxylic acids is 9. The van der Waals surface area contributed by atoms with Gasteiger partial charge in [0.15, 0.2) is 34.2 Å². The van der Waals surface area contributed by atoms with Gasteiger partial charge in [0, 0.05) is 114 Å². The van der Waals surface area contributed by atoms with Gasteiger partial charge in [0.1, 0.15) is 68.5 Å². The maximum atomic E-state index is 13.3. The van der Waals surface area contributed by atoms with Crippen molar-refractivity contribution < 1.29 is 104 Å². The number of carbonyl (C=O) groups is 9. The van der Waals surface area contributed by atoms with Crippen molar-refractivity contribution in [3.05, 3.63) is 190 Å². The summed E-state index contributed by atoms with van der Waals surface area (Å²) in [6.45, 7) is 17.0. The summed E-state index contributed by atoms with van der Waals surface area (Å²) in [5.74, 6) is -10.7. The number of aryl methyl sites for hydroxylation is 1. The zero-order valence-corrected chi connectivity index (χ0v) is 61.3. The first-order chi connectivity index (χ1) is 50.8. The van der Waals surface area contributed by atoms with Crippen LogP contribution in [0.1, 0.15) is 132 Å². The minimum atomic E-state index is -2.55. The molecule has 0 spiro atoms. The summed E-state index contributed by atoms with van der Waals surface area (Å²) in [7, 11) is 21.6. The number of ketones is 6. The van der Waals surface area contributed by atoms with Crippen LogP contribution in [0.3, 0.4) is 0 Å². The fourth-order valence-electron chi connectivity index (χ4n) is 14.9. The predicted octanol–water partition coefficient (Wildman–Crippen LogP) is 5.22. The highest BCUT2D eigenvalue weighted by molar-refractivity contribution is 14.1. The van der Waals surface area contributed by atoms with Gasteiger partial charge in [-0.05, 0) is 189 Å². The predicted molar refractivity (Wildman–Crippen MR) is 426 cm³/mol. The van der Waals surface area contributed by atoms with Crippen LogP contribution >= 0.6 is 22.6 Å². The Labute approximate surface area is 657 Å². The van der Waals surface area contributed by atoms with Crippen LogP contribution < -0.4 is 17.2 Å². The first-order valence-electron chi connectivity index (χ1n) is 33.4. The van der Waals surface area contributed by atoms with E-state index in [4.69, 9.17) is 48.1 Å². The third-order valence-corrected chi connectivity index (χ3v) is 20.6. The van der Waals surface area contributed by atoms with Gasteiger partial charge in [-0.15, -0.1) is 24.8 Å². The van der Waals surface area contributed by atoms with Gasteiger partial charge < -0.3 is 78.5 Å². The SMILES string of the molecule is C.C.C#CC.C=C=C=C=C=C=C.C=CC.CC#Cc1ccc(O)c2c1CC1CC3CC(=O)C(C(N)=O)=C(O)[C@@]3(O)C(=O)C1=C2O.CCCc1ccc(O)c2c1CC1CC3CC(=O)C(C(N)=O)=C(O)[C@@]3(O)C(=O)C1=C2O.NC(=O)C1=C(O)[C@@]2(O)C(=O)C3=C(O)c4c(O)ccc(I)c4CC3CC2CC1=O.[B][B]B([B])B([B])[B]. The smallest absolute Gasteiger partial charge is 0.255 e. The molecule has 9 radical (unpaired) electrons. The fraction of sp³-hybridized carbons (Fsp3) is 0.333. The molecule has 9 aliphatic rings. The molecular weight excluding hydrogens is 1520 g/mol. The van der Waals surface area contributed by atoms with Crippen molar-refractivity contribution in [1.82, 2.24) is 0 Å². The number of rotatable bonds is 7. The molecule has 32 heteroatoms. The van der Waals surface area contributed by atoms with Gasteiger partial charge in [0.2, 0.25) is 17.3 Å². The lowest BCUT2D eigenvalue weighted by molar-refractivity contribution is -0.149. The summed E-state index contributed by atoms with van der Waals surface area (Å²) in [6.07, 6.45) is 7.30. The second kappa shape index (κ2) is 37.6. The number of phenolic OH excluding ortho intramolecular Hbond substituents is 3. The molecule has 9 aliphatic carbocycles. The Morgan fingerprint density at radius 3 is 1.21 bits per heavy atom. The minimum Gasteiger partial charge on any atom is -0.508 e. The maximum absolute atomic E-state index is 13.3. The fourth-order valence-corrected chi connectivity index (χ4v) is 15.6. The number of Topliss-reactive ketones (excluding diaryl/α,β-unsaturated/α-hetero) is 6. The zero-order chi connectivity index (χ0) is 81.3. The van der Waals surface area contributed by atoms with Crippen molar-refractivity contribution in [2.24, 2.45) is 52.7 Å². The van der Waals surface area contributed by atoms with Crippen LogP contribution in [0.5, 0.6) is 17.2 Å². The van der Waals surface area contributed by atoms with Crippen LogP contribution in [-0.2, 0) is 68.8 Å². The van der Waals surface area contributed by atoms with Crippen LogP contribution in [-0.4, -0.2) is 181 Å². The average Bonchev–Trinajstić information content (AvgIpc) is 0.721. The Morgan fingerprint density at radius 2 is 0.900 bits per heavy atom. The topological polar surface area (TPSA) is 474 Å². The van der Waals surface area contributed by atoms with Crippen molar-refractivity contribution in [2.75, 3.05) is 0 Å². The quantitative estimate of drug-likeness (QED) is 0.0360. The molecule has 561 valence electrons. The van der Waals surface area contributed by atoms with Crippen molar-refractivity contribution >= 4 is 143 Å². The van der Waals surface area contributed by atoms with Crippen molar-refractivity contribution in [3.63, 3.8) is 0 Å². The number of benzene rings is 3. The van der Waals surface area contributed by atoms with Gasteiger partial charge in [-0.3, -0.25) is 43.2 Å². The number of fused-ring (bicyclic) bond motifs is 9. The summed E-state index contributed by atoms with van der Waals surface area (Å²) in [5.41, 5.74) is 20.9.